The van der Waals surface area contributed by atoms with Gasteiger partial charge in [-0.1, -0.05) is 6.07 Å². The van der Waals surface area contributed by atoms with Gasteiger partial charge < -0.3 is 10.5 Å². The Morgan fingerprint density at radius 1 is 0.920 bits per heavy atom. The highest BCUT2D eigenvalue weighted by atomic mass is 19.1. The fourth-order valence-corrected chi connectivity index (χ4v) is 2.61. The molecule has 2 N–H and O–H groups in total. The molecule has 5 heteroatoms. The van der Waals surface area contributed by atoms with Crippen LogP contribution in [0.2, 0.25) is 0 Å². The zero-order chi connectivity index (χ0) is 18.0. The average Bonchev–Trinajstić information content (AvgIpc) is 2.57. The van der Waals surface area contributed by atoms with Gasteiger partial charge >= 0.3 is 0 Å². The molecule has 0 saturated heterocycles. The fourth-order valence-electron chi connectivity index (χ4n) is 2.61. The number of hydrogen-bond donors (Lipinski definition) is 1. The number of nitrogens with two attached hydrogens (primary N) is 1. The van der Waals surface area contributed by atoms with Gasteiger partial charge in [0.15, 0.2) is 0 Å². The van der Waals surface area contributed by atoms with Crippen LogP contribution in [0.15, 0.2) is 54.6 Å². The van der Waals surface area contributed by atoms with Gasteiger partial charge in [0.2, 0.25) is 0 Å². The molecule has 124 valence electrons. The van der Waals surface area contributed by atoms with Gasteiger partial charge in [-0.25, -0.2) is 8.78 Å². The largest absolute Gasteiger partial charge is 0.457 e. The third kappa shape index (κ3) is 3.43. The molecule has 0 fully saturated rings. The summed E-state index contributed by atoms with van der Waals surface area (Å²) in [6.45, 7) is 1.76. The van der Waals surface area contributed by atoms with Crippen LogP contribution in [0.1, 0.15) is 11.1 Å². The van der Waals surface area contributed by atoms with E-state index in [1.807, 2.05) is 0 Å². The summed E-state index contributed by atoms with van der Waals surface area (Å²) in [5.74, 6) is -0.195. The van der Waals surface area contributed by atoms with E-state index in [-0.39, 0.29) is 11.6 Å². The smallest absolute Gasteiger partial charge is 0.130 e. The summed E-state index contributed by atoms with van der Waals surface area (Å²) in [4.78, 5) is 0. The molecule has 0 amide bonds. The molecule has 3 aromatic rings. The number of nitrogen functional groups attached to an aromatic ring is 1. The lowest BCUT2D eigenvalue weighted by Crippen LogP contribution is -1.96. The predicted molar refractivity (Wildman–Crippen MR) is 92.2 cm³/mol. The van der Waals surface area contributed by atoms with Crippen LogP contribution in [0, 0.1) is 29.9 Å². The van der Waals surface area contributed by atoms with E-state index < -0.39 is 5.82 Å². The molecule has 3 nitrogen and oxygen atoms in total. The van der Waals surface area contributed by atoms with Crippen molar-refractivity contribution < 1.29 is 13.5 Å². The summed E-state index contributed by atoms with van der Waals surface area (Å²) < 4.78 is 32.6. The Balaban J connectivity index is 2.03. The zero-order valence-electron chi connectivity index (χ0n) is 13.4. The van der Waals surface area contributed by atoms with E-state index in [0.717, 1.165) is 0 Å². The molecule has 0 spiro atoms. The van der Waals surface area contributed by atoms with E-state index in [1.165, 1.54) is 36.4 Å². The molecule has 0 aliphatic rings. The fraction of sp³-hybridized carbons (Fsp3) is 0.0500. The Labute approximate surface area is 143 Å². The number of nitrogens with zero attached hydrogens (tertiary/aromatic N) is 1. The van der Waals surface area contributed by atoms with E-state index in [0.29, 0.717) is 33.7 Å². The van der Waals surface area contributed by atoms with Gasteiger partial charge in [0.1, 0.15) is 29.2 Å². The van der Waals surface area contributed by atoms with Crippen LogP contribution >= 0.6 is 0 Å². The van der Waals surface area contributed by atoms with Crippen LogP contribution in [0.25, 0.3) is 11.1 Å². The summed E-state index contributed by atoms with van der Waals surface area (Å²) in [6.07, 6.45) is 0. The number of halogens is 2. The standard InChI is InChI=1S/C20H14F2N2O/c1-12-18(6-7-20(24)19(12)11-23)13-8-15(22)10-17(9-13)25-16-4-2-14(21)3-5-16/h2-10H,24H2,1H3. The molecule has 25 heavy (non-hydrogen) atoms. The summed E-state index contributed by atoms with van der Waals surface area (Å²) >= 11 is 0. The molecular formula is C20H14F2N2O. The maximum atomic E-state index is 14.0. The third-order valence-corrected chi connectivity index (χ3v) is 3.84. The highest BCUT2D eigenvalue weighted by Crippen LogP contribution is 2.33. The molecule has 0 aliphatic heterocycles. The van der Waals surface area contributed by atoms with Crippen LogP contribution in [0.4, 0.5) is 14.5 Å². The first-order valence-electron chi connectivity index (χ1n) is 7.51. The maximum absolute atomic E-state index is 14.0. The minimum absolute atomic E-state index is 0.274. The van der Waals surface area contributed by atoms with Crippen molar-refractivity contribution in [1.29, 1.82) is 5.26 Å². The first-order chi connectivity index (χ1) is 12.0. The normalized spacial score (nSPS) is 10.3. The lowest BCUT2D eigenvalue weighted by molar-refractivity contribution is 0.475. The Bertz CT molecular complexity index is 976. The van der Waals surface area contributed by atoms with Crippen molar-refractivity contribution in [1.82, 2.24) is 0 Å². The second kappa shape index (κ2) is 6.62. The molecule has 0 bridgehead atoms. The molecule has 0 aliphatic carbocycles. The third-order valence-electron chi connectivity index (χ3n) is 3.84. The molecule has 0 aromatic heterocycles. The summed E-state index contributed by atoms with van der Waals surface area (Å²) in [6, 6.07) is 15.1. The summed E-state index contributed by atoms with van der Waals surface area (Å²) in [5, 5.41) is 9.24. The number of hydrogen-bond acceptors (Lipinski definition) is 3. The van der Waals surface area contributed by atoms with E-state index in [2.05, 4.69) is 6.07 Å². The van der Waals surface area contributed by atoms with E-state index in [1.54, 1.807) is 25.1 Å². The second-order valence-electron chi connectivity index (χ2n) is 5.55. The Hall–Kier alpha value is -3.39. The number of ether oxygens (including phenoxy) is 1. The summed E-state index contributed by atoms with van der Waals surface area (Å²) in [7, 11) is 0. The van der Waals surface area contributed by atoms with Crippen LogP contribution in [0.5, 0.6) is 11.5 Å². The van der Waals surface area contributed by atoms with Crippen molar-refractivity contribution in [2.75, 3.05) is 5.73 Å². The van der Waals surface area contributed by atoms with Crippen molar-refractivity contribution in [3.63, 3.8) is 0 Å². The lowest BCUT2D eigenvalue weighted by atomic mass is 9.95. The van der Waals surface area contributed by atoms with E-state index >= 15 is 0 Å². The van der Waals surface area contributed by atoms with Crippen molar-refractivity contribution >= 4 is 5.69 Å². The van der Waals surface area contributed by atoms with Crippen molar-refractivity contribution in [2.24, 2.45) is 0 Å². The highest BCUT2D eigenvalue weighted by Gasteiger charge is 2.12. The second-order valence-corrected chi connectivity index (χ2v) is 5.55. The molecule has 0 heterocycles. The van der Waals surface area contributed by atoms with E-state index in [9.17, 15) is 14.0 Å². The minimum atomic E-state index is -0.482. The first-order valence-corrected chi connectivity index (χ1v) is 7.51. The Morgan fingerprint density at radius 3 is 2.32 bits per heavy atom. The molecular weight excluding hydrogens is 322 g/mol. The van der Waals surface area contributed by atoms with Crippen molar-refractivity contribution in [2.45, 2.75) is 6.92 Å². The first kappa shape index (κ1) is 16.5. The molecule has 3 aromatic carbocycles. The van der Waals surface area contributed by atoms with Gasteiger partial charge in [-0.2, -0.15) is 5.26 Å². The Morgan fingerprint density at radius 2 is 1.64 bits per heavy atom. The van der Waals surface area contributed by atoms with Crippen molar-refractivity contribution in [3.05, 3.63) is 77.4 Å². The van der Waals surface area contributed by atoms with Crippen LogP contribution < -0.4 is 10.5 Å². The van der Waals surface area contributed by atoms with Gasteiger partial charge in [-0.05, 0) is 66.1 Å². The van der Waals surface area contributed by atoms with Crippen LogP contribution in [0.3, 0.4) is 0 Å². The van der Waals surface area contributed by atoms with Gasteiger partial charge in [0.25, 0.3) is 0 Å². The molecule has 0 unspecified atom stereocenters. The maximum Gasteiger partial charge on any atom is 0.130 e. The average molecular weight is 336 g/mol. The number of benzene rings is 3. The quantitative estimate of drug-likeness (QED) is 0.670. The van der Waals surface area contributed by atoms with Crippen LogP contribution in [-0.4, -0.2) is 0 Å². The topological polar surface area (TPSA) is 59.0 Å². The predicted octanol–water partition coefficient (Wildman–Crippen LogP) is 5.19. The summed E-state index contributed by atoms with van der Waals surface area (Å²) in [5.41, 5.74) is 8.46. The van der Waals surface area contributed by atoms with Gasteiger partial charge in [-0.15, -0.1) is 0 Å². The van der Waals surface area contributed by atoms with E-state index in [4.69, 9.17) is 10.5 Å². The van der Waals surface area contributed by atoms with Gasteiger partial charge in [0.05, 0.1) is 5.56 Å². The number of anilines is 1. The molecule has 0 atom stereocenters. The lowest BCUT2D eigenvalue weighted by Gasteiger charge is -2.12. The highest BCUT2D eigenvalue weighted by molar-refractivity contribution is 5.75. The monoisotopic (exact) mass is 336 g/mol. The SMILES string of the molecule is Cc1c(-c2cc(F)cc(Oc3ccc(F)cc3)c2)ccc(N)c1C#N. The van der Waals surface area contributed by atoms with Crippen molar-refractivity contribution in [3.8, 4) is 28.7 Å². The molecule has 0 radical (unpaired) electrons. The molecule has 0 saturated carbocycles. The zero-order valence-corrected chi connectivity index (χ0v) is 13.4. The number of nitriles is 1. The van der Waals surface area contributed by atoms with Crippen LogP contribution in [-0.2, 0) is 0 Å². The van der Waals surface area contributed by atoms with Gasteiger partial charge in [-0.3, -0.25) is 0 Å². The minimum Gasteiger partial charge on any atom is -0.457 e. The Kier molecular flexibility index (Phi) is 4.36. The number of rotatable bonds is 3. The molecule has 3 rings (SSSR count). The van der Waals surface area contributed by atoms with Gasteiger partial charge in [0, 0.05) is 11.8 Å².